The average Bonchev–Trinajstić information content (AvgIpc) is 2.13. The predicted octanol–water partition coefficient (Wildman–Crippen LogP) is 2.27. The first-order chi connectivity index (χ1) is 6.15. The van der Waals surface area contributed by atoms with E-state index in [1.807, 2.05) is 32.0 Å². The highest BCUT2D eigenvalue weighted by molar-refractivity contribution is 5.56. The first-order valence-electron chi connectivity index (χ1n) is 4.33. The van der Waals surface area contributed by atoms with E-state index >= 15 is 0 Å². The van der Waals surface area contributed by atoms with Crippen molar-refractivity contribution in [3.63, 3.8) is 0 Å². The van der Waals surface area contributed by atoms with Crippen LogP contribution in [0.1, 0.15) is 18.1 Å². The number of hydrogen-bond acceptors (Lipinski definition) is 2. The van der Waals surface area contributed by atoms with Gasteiger partial charge in [0.05, 0.1) is 0 Å². The van der Waals surface area contributed by atoms with Crippen LogP contribution in [-0.2, 0) is 4.79 Å². The third-order valence-corrected chi connectivity index (χ3v) is 2.06. The van der Waals surface area contributed by atoms with Gasteiger partial charge in [0.25, 0.3) is 0 Å². The van der Waals surface area contributed by atoms with E-state index in [-0.39, 0.29) is 6.10 Å². The molecule has 1 atom stereocenters. The summed E-state index contributed by atoms with van der Waals surface area (Å²) < 4.78 is 5.41. The molecule has 70 valence electrons. The Bertz CT molecular complexity index is 305. The van der Waals surface area contributed by atoms with Gasteiger partial charge in [0, 0.05) is 0 Å². The van der Waals surface area contributed by atoms with Crippen molar-refractivity contribution in [1.82, 2.24) is 0 Å². The summed E-state index contributed by atoms with van der Waals surface area (Å²) in [6, 6.07) is 5.82. The van der Waals surface area contributed by atoms with Crippen LogP contribution in [0.2, 0.25) is 0 Å². The lowest BCUT2D eigenvalue weighted by Crippen LogP contribution is -2.13. The summed E-state index contributed by atoms with van der Waals surface area (Å²) >= 11 is 0. The number of hydrogen-bond donors (Lipinski definition) is 0. The maximum Gasteiger partial charge on any atom is 0.160 e. The molecule has 1 unspecified atom stereocenters. The molecule has 0 aliphatic carbocycles. The zero-order valence-corrected chi connectivity index (χ0v) is 8.20. The highest BCUT2D eigenvalue weighted by atomic mass is 16.5. The van der Waals surface area contributed by atoms with Gasteiger partial charge in [-0.25, -0.2) is 0 Å². The Labute approximate surface area is 78.5 Å². The van der Waals surface area contributed by atoms with E-state index in [2.05, 4.69) is 0 Å². The number of carbonyl (C=O) groups is 1. The SMILES string of the molecule is Cc1cccc(OC(C)C=O)c1C. The lowest BCUT2D eigenvalue weighted by molar-refractivity contribution is -0.113. The molecule has 2 heteroatoms. The molecular weight excluding hydrogens is 164 g/mol. The van der Waals surface area contributed by atoms with Gasteiger partial charge < -0.3 is 4.74 Å². The second-order valence-corrected chi connectivity index (χ2v) is 3.16. The lowest BCUT2D eigenvalue weighted by atomic mass is 10.1. The summed E-state index contributed by atoms with van der Waals surface area (Å²) in [5.74, 6) is 0.791. The topological polar surface area (TPSA) is 26.3 Å². The van der Waals surface area contributed by atoms with Gasteiger partial charge in [0.2, 0.25) is 0 Å². The Hall–Kier alpha value is -1.31. The van der Waals surface area contributed by atoms with Gasteiger partial charge in [-0.1, -0.05) is 12.1 Å². The highest BCUT2D eigenvalue weighted by Gasteiger charge is 2.05. The van der Waals surface area contributed by atoms with E-state index in [1.54, 1.807) is 6.92 Å². The Morgan fingerprint density at radius 3 is 2.69 bits per heavy atom. The summed E-state index contributed by atoms with van der Waals surface area (Å²) in [5, 5.41) is 0. The molecule has 13 heavy (non-hydrogen) atoms. The zero-order chi connectivity index (χ0) is 9.84. The zero-order valence-electron chi connectivity index (χ0n) is 8.20. The van der Waals surface area contributed by atoms with E-state index < -0.39 is 0 Å². The number of aryl methyl sites for hydroxylation is 1. The summed E-state index contributed by atoms with van der Waals surface area (Å²) in [4.78, 5) is 10.4. The number of carbonyl (C=O) groups excluding carboxylic acids is 1. The number of benzene rings is 1. The van der Waals surface area contributed by atoms with Crippen molar-refractivity contribution in [3.8, 4) is 5.75 Å². The fourth-order valence-electron chi connectivity index (χ4n) is 1.08. The Kier molecular flexibility index (Phi) is 3.07. The molecule has 1 rings (SSSR count). The van der Waals surface area contributed by atoms with E-state index in [0.717, 1.165) is 17.6 Å². The molecule has 0 fully saturated rings. The molecule has 0 aromatic heterocycles. The summed E-state index contributed by atoms with van der Waals surface area (Å²) in [6.07, 6.45) is 0.419. The van der Waals surface area contributed by atoms with E-state index in [0.29, 0.717) is 0 Å². The van der Waals surface area contributed by atoms with E-state index in [9.17, 15) is 4.79 Å². The molecule has 0 aliphatic rings. The fourth-order valence-corrected chi connectivity index (χ4v) is 1.08. The second-order valence-electron chi connectivity index (χ2n) is 3.16. The smallest absolute Gasteiger partial charge is 0.160 e. The molecule has 0 aliphatic heterocycles. The van der Waals surface area contributed by atoms with Gasteiger partial charge >= 0.3 is 0 Å². The van der Waals surface area contributed by atoms with Crippen LogP contribution in [0.5, 0.6) is 5.75 Å². The fraction of sp³-hybridized carbons (Fsp3) is 0.364. The third kappa shape index (κ3) is 2.31. The second kappa shape index (κ2) is 4.08. The maximum absolute atomic E-state index is 10.4. The third-order valence-electron chi connectivity index (χ3n) is 2.06. The Morgan fingerprint density at radius 1 is 1.38 bits per heavy atom. The van der Waals surface area contributed by atoms with Crippen molar-refractivity contribution >= 4 is 6.29 Å². The normalized spacial score (nSPS) is 12.2. The molecule has 0 heterocycles. The Balaban J connectivity index is 2.88. The number of aldehydes is 1. The highest BCUT2D eigenvalue weighted by Crippen LogP contribution is 2.21. The van der Waals surface area contributed by atoms with E-state index in [4.69, 9.17) is 4.74 Å². The number of rotatable bonds is 3. The molecule has 0 radical (unpaired) electrons. The molecule has 0 amide bonds. The molecule has 0 saturated carbocycles. The lowest BCUT2D eigenvalue weighted by Gasteiger charge is -2.12. The molecular formula is C11H14O2. The summed E-state index contributed by atoms with van der Waals surface area (Å²) in [7, 11) is 0. The van der Waals surface area contributed by atoms with Crippen molar-refractivity contribution in [2.45, 2.75) is 26.9 Å². The minimum atomic E-state index is -0.375. The van der Waals surface area contributed by atoms with Gasteiger partial charge in [0.1, 0.15) is 5.75 Å². The standard InChI is InChI=1S/C11H14O2/c1-8-5-4-6-11(10(8)3)13-9(2)7-12/h4-7,9H,1-3H3. The molecule has 1 aromatic carbocycles. The molecule has 0 saturated heterocycles. The van der Waals surface area contributed by atoms with Gasteiger partial charge in [-0.2, -0.15) is 0 Å². The van der Waals surface area contributed by atoms with Crippen LogP contribution in [0.15, 0.2) is 18.2 Å². The van der Waals surface area contributed by atoms with Crippen LogP contribution >= 0.6 is 0 Å². The van der Waals surface area contributed by atoms with Gasteiger partial charge in [-0.15, -0.1) is 0 Å². The van der Waals surface area contributed by atoms with Crippen molar-refractivity contribution in [1.29, 1.82) is 0 Å². The Morgan fingerprint density at radius 2 is 2.08 bits per heavy atom. The summed E-state index contributed by atoms with van der Waals surface area (Å²) in [5.41, 5.74) is 2.27. The summed E-state index contributed by atoms with van der Waals surface area (Å²) in [6.45, 7) is 5.74. The van der Waals surface area contributed by atoms with Crippen molar-refractivity contribution < 1.29 is 9.53 Å². The largest absolute Gasteiger partial charge is 0.483 e. The van der Waals surface area contributed by atoms with Gasteiger partial charge in [-0.05, 0) is 38.0 Å². The van der Waals surface area contributed by atoms with Gasteiger partial charge in [-0.3, -0.25) is 4.79 Å². The monoisotopic (exact) mass is 178 g/mol. The molecule has 0 N–H and O–H groups in total. The molecule has 0 spiro atoms. The molecule has 1 aromatic rings. The van der Waals surface area contributed by atoms with E-state index in [1.165, 1.54) is 5.56 Å². The van der Waals surface area contributed by atoms with Crippen LogP contribution in [0.3, 0.4) is 0 Å². The van der Waals surface area contributed by atoms with Crippen molar-refractivity contribution in [2.75, 3.05) is 0 Å². The minimum absolute atomic E-state index is 0.375. The first-order valence-corrected chi connectivity index (χ1v) is 4.33. The predicted molar refractivity (Wildman–Crippen MR) is 52.1 cm³/mol. The maximum atomic E-state index is 10.4. The molecule has 0 bridgehead atoms. The average molecular weight is 178 g/mol. The quantitative estimate of drug-likeness (QED) is 0.664. The van der Waals surface area contributed by atoms with Crippen LogP contribution in [0.25, 0.3) is 0 Å². The van der Waals surface area contributed by atoms with Crippen LogP contribution in [-0.4, -0.2) is 12.4 Å². The first kappa shape index (κ1) is 9.78. The van der Waals surface area contributed by atoms with Crippen LogP contribution in [0, 0.1) is 13.8 Å². The molecule has 2 nitrogen and oxygen atoms in total. The minimum Gasteiger partial charge on any atom is -0.483 e. The number of ether oxygens (including phenoxy) is 1. The van der Waals surface area contributed by atoms with Crippen molar-refractivity contribution in [2.24, 2.45) is 0 Å². The van der Waals surface area contributed by atoms with Crippen LogP contribution in [0.4, 0.5) is 0 Å². The van der Waals surface area contributed by atoms with Gasteiger partial charge in [0.15, 0.2) is 12.4 Å². The van der Waals surface area contributed by atoms with Crippen LogP contribution < -0.4 is 4.74 Å². The van der Waals surface area contributed by atoms with Crippen molar-refractivity contribution in [3.05, 3.63) is 29.3 Å².